The van der Waals surface area contributed by atoms with E-state index in [1.165, 1.54) is 0 Å². The Hall–Kier alpha value is -4.28. The van der Waals surface area contributed by atoms with Crippen molar-refractivity contribution in [2.75, 3.05) is 78.9 Å². The molecule has 15 heteroatoms. The summed E-state index contributed by atoms with van der Waals surface area (Å²) in [6, 6.07) is 15.1. The molecule has 56 heavy (non-hydrogen) atoms. The molecule has 2 fully saturated rings. The van der Waals surface area contributed by atoms with E-state index in [4.69, 9.17) is 18.9 Å². The number of nitrogens with zero attached hydrogens (tertiary/aromatic N) is 2. The molecule has 2 aliphatic heterocycles. The van der Waals surface area contributed by atoms with Crippen molar-refractivity contribution < 1.29 is 43.2 Å². The number of morpholine rings is 2. The molecule has 0 aliphatic carbocycles. The average Bonchev–Trinajstić information content (AvgIpc) is 3.19. The summed E-state index contributed by atoms with van der Waals surface area (Å²) in [7, 11) is 0. The lowest BCUT2D eigenvalue weighted by molar-refractivity contribution is -0.126. The van der Waals surface area contributed by atoms with Crippen LogP contribution in [0.1, 0.15) is 38.8 Å². The maximum Gasteiger partial charge on any atom is 0.407 e. The minimum Gasteiger partial charge on any atom is -0.448 e. The molecule has 4 atom stereocenters. The number of hydrogen-bond acceptors (Lipinski definition) is 11. The van der Waals surface area contributed by atoms with E-state index in [1.807, 2.05) is 88.4 Å². The molecular formula is C41H62N6O9. The summed E-state index contributed by atoms with van der Waals surface area (Å²) in [6.07, 6.45) is -2.28. The summed E-state index contributed by atoms with van der Waals surface area (Å²) in [4.78, 5) is 58.0. The highest BCUT2D eigenvalue weighted by Crippen LogP contribution is 2.16. The number of nitrogens with one attached hydrogen (secondary N) is 4. The van der Waals surface area contributed by atoms with E-state index < -0.39 is 54.3 Å². The van der Waals surface area contributed by atoms with Crippen LogP contribution >= 0.6 is 0 Å². The Morgan fingerprint density at radius 1 is 0.607 bits per heavy atom. The van der Waals surface area contributed by atoms with Gasteiger partial charge in [0.2, 0.25) is 11.8 Å². The van der Waals surface area contributed by atoms with Gasteiger partial charge in [0.25, 0.3) is 0 Å². The minimum absolute atomic E-state index is 0.160. The lowest BCUT2D eigenvalue weighted by Crippen LogP contribution is -2.61. The Morgan fingerprint density at radius 3 is 1.30 bits per heavy atom. The van der Waals surface area contributed by atoms with Gasteiger partial charge in [0.1, 0.15) is 25.3 Å². The van der Waals surface area contributed by atoms with Crippen LogP contribution in [0.4, 0.5) is 9.59 Å². The third-order valence-electron chi connectivity index (χ3n) is 10.0. The summed E-state index contributed by atoms with van der Waals surface area (Å²) in [6.45, 7) is 14.2. The normalized spacial score (nSPS) is 17.4. The second-order valence-electron chi connectivity index (χ2n) is 15.0. The van der Waals surface area contributed by atoms with Gasteiger partial charge in [-0.15, -0.1) is 0 Å². The number of ether oxygens (including phenoxy) is 4. The smallest absolute Gasteiger partial charge is 0.407 e. The Bertz CT molecular complexity index is 1360. The number of benzene rings is 2. The predicted octanol–water partition coefficient (Wildman–Crippen LogP) is 1.97. The first-order valence-electron chi connectivity index (χ1n) is 19.8. The van der Waals surface area contributed by atoms with Gasteiger partial charge in [-0.2, -0.15) is 0 Å². The van der Waals surface area contributed by atoms with Crippen LogP contribution in [0.2, 0.25) is 0 Å². The molecule has 2 aromatic rings. The molecule has 0 aromatic heterocycles. The molecule has 0 saturated carbocycles. The highest BCUT2D eigenvalue weighted by atomic mass is 16.6. The van der Waals surface area contributed by atoms with Crippen molar-refractivity contribution in [2.45, 2.75) is 70.8 Å². The van der Waals surface area contributed by atoms with Gasteiger partial charge in [0.15, 0.2) is 0 Å². The molecule has 2 aliphatic rings. The zero-order valence-corrected chi connectivity index (χ0v) is 33.3. The van der Waals surface area contributed by atoms with Gasteiger partial charge in [-0.1, -0.05) is 88.4 Å². The number of alkyl carbamates (subject to hydrolysis) is 2. The number of aliphatic hydroxyl groups excluding tert-OH is 1. The van der Waals surface area contributed by atoms with Crippen molar-refractivity contribution in [2.24, 2.45) is 11.8 Å². The number of rotatable bonds is 20. The van der Waals surface area contributed by atoms with Gasteiger partial charge < -0.3 is 45.3 Å². The topological polar surface area (TPSA) is 180 Å². The van der Waals surface area contributed by atoms with Gasteiger partial charge in [0, 0.05) is 39.3 Å². The fraction of sp³-hybridized carbons (Fsp3) is 0.610. The fourth-order valence-corrected chi connectivity index (χ4v) is 6.67. The monoisotopic (exact) mass is 782 g/mol. The van der Waals surface area contributed by atoms with E-state index in [9.17, 15) is 24.3 Å². The first-order chi connectivity index (χ1) is 27.0. The molecule has 0 radical (unpaired) electrons. The summed E-state index contributed by atoms with van der Waals surface area (Å²) < 4.78 is 21.6. The fourth-order valence-electron chi connectivity index (χ4n) is 6.67. The third kappa shape index (κ3) is 15.3. The van der Waals surface area contributed by atoms with Crippen molar-refractivity contribution in [1.29, 1.82) is 0 Å². The van der Waals surface area contributed by atoms with E-state index in [0.29, 0.717) is 39.5 Å². The lowest BCUT2D eigenvalue weighted by atomic mass is 9.91. The Morgan fingerprint density at radius 2 is 0.964 bits per heavy atom. The number of hydrogen-bond donors (Lipinski definition) is 5. The van der Waals surface area contributed by atoms with Crippen molar-refractivity contribution >= 4 is 24.0 Å². The van der Waals surface area contributed by atoms with Gasteiger partial charge >= 0.3 is 12.2 Å². The molecule has 0 bridgehead atoms. The van der Waals surface area contributed by atoms with Crippen LogP contribution in [-0.4, -0.2) is 148 Å². The summed E-state index contributed by atoms with van der Waals surface area (Å²) in [5.41, 5.74) is 1.69. The minimum atomic E-state index is -1.30. The van der Waals surface area contributed by atoms with Crippen molar-refractivity contribution in [3.05, 3.63) is 71.8 Å². The molecular weight excluding hydrogens is 720 g/mol. The van der Waals surface area contributed by atoms with Gasteiger partial charge in [-0.3, -0.25) is 19.4 Å². The predicted molar refractivity (Wildman–Crippen MR) is 211 cm³/mol. The van der Waals surface area contributed by atoms with Gasteiger partial charge in [0.05, 0.1) is 44.6 Å². The van der Waals surface area contributed by atoms with Crippen molar-refractivity contribution in [3.63, 3.8) is 0 Å². The molecule has 2 aromatic carbocycles. The molecule has 0 spiro atoms. The Balaban J connectivity index is 1.47. The van der Waals surface area contributed by atoms with Gasteiger partial charge in [-0.25, -0.2) is 9.59 Å². The maximum atomic E-state index is 14.0. The van der Waals surface area contributed by atoms with E-state index >= 15 is 0 Å². The average molecular weight is 783 g/mol. The molecule has 310 valence electrons. The van der Waals surface area contributed by atoms with Crippen LogP contribution < -0.4 is 21.3 Å². The first kappa shape index (κ1) is 44.4. The third-order valence-corrected chi connectivity index (χ3v) is 10.0. The highest BCUT2D eigenvalue weighted by Gasteiger charge is 2.36. The zero-order valence-electron chi connectivity index (χ0n) is 33.3. The first-order valence-corrected chi connectivity index (χ1v) is 19.8. The van der Waals surface area contributed by atoms with Crippen LogP contribution in [0.3, 0.4) is 0 Å². The molecule has 5 N–H and O–H groups in total. The molecule has 2 saturated heterocycles. The molecule has 15 nitrogen and oxygen atoms in total. The van der Waals surface area contributed by atoms with E-state index in [0.717, 1.165) is 37.3 Å². The molecule has 4 amide bonds. The molecule has 0 unspecified atom stereocenters. The quantitative estimate of drug-likeness (QED) is 0.133. The van der Waals surface area contributed by atoms with Gasteiger partial charge in [-0.05, 0) is 35.8 Å². The van der Waals surface area contributed by atoms with E-state index in [-0.39, 0.29) is 37.9 Å². The number of carbonyl (C=O) groups excluding carboxylic acids is 4. The molecule has 2 heterocycles. The number of aliphatic hydroxyl groups is 1. The van der Waals surface area contributed by atoms with Crippen LogP contribution in [0.25, 0.3) is 0 Å². The molecule has 4 rings (SSSR count). The number of carbonyl (C=O) groups is 4. The largest absolute Gasteiger partial charge is 0.448 e. The highest BCUT2D eigenvalue weighted by molar-refractivity contribution is 5.87. The second kappa shape index (κ2) is 23.7. The summed E-state index contributed by atoms with van der Waals surface area (Å²) >= 11 is 0. The standard InChI is InChI=1S/C41H62N6O9/c1-29(2)35(44-40(51)55-25-19-46-15-21-53-22-16-46)38(49)42-33(27-31-11-7-5-8-12-31)37(48)34(28-32-13-9-6-10-14-32)43-39(50)36(30(3)4)45-41(52)56-26-20-47-17-23-54-24-18-47/h5-14,29-30,33-37,48H,15-28H2,1-4H3,(H,42,49)(H,43,50)(H,44,51)(H,45,52)/t33-,34-,35-,36-/m0/s1. The summed E-state index contributed by atoms with van der Waals surface area (Å²) in [5, 5.41) is 23.6. The van der Waals surface area contributed by atoms with Crippen LogP contribution in [0, 0.1) is 11.8 Å². The van der Waals surface area contributed by atoms with Crippen molar-refractivity contribution in [1.82, 2.24) is 31.1 Å². The zero-order chi connectivity index (χ0) is 40.3. The maximum absolute atomic E-state index is 14.0. The SMILES string of the molecule is CC(C)[C@H](NC(=O)OCCN1CCOCC1)C(=O)N[C@@H](Cc1ccccc1)C(O)[C@H](Cc1ccccc1)NC(=O)[C@@H](NC(=O)OCCN1CCOCC1)C(C)C. The Labute approximate surface area is 331 Å². The second-order valence-corrected chi connectivity index (χ2v) is 15.0. The van der Waals surface area contributed by atoms with Crippen LogP contribution in [-0.2, 0) is 41.4 Å². The summed E-state index contributed by atoms with van der Waals surface area (Å²) in [5.74, 6) is -1.64. The number of amides is 4. The van der Waals surface area contributed by atoms with Crippen LogP contribution in [0.5, 0.6) is 0 Å². The van der Waals surface area contributed by atoms with E-state index in [2.05, 4.69) is 31.1 Å². The lowest BCUT2D eigenvalue weighted by Gasteiger charge is -2.34. The Kier molecular flexibility index (Phi) is 18.8. The van der Waals surface area contributed by atoms with E-state index in [1.54, 1.807) is 0 Å². The van der Waals surface area contributed by atoms with Crippen LogP contribution in [0.15, 0.2) is 60.7 Å². The van der Waals surface area contributed by atoms with Crippen molar-refractivity contribution in [3.8, 4) is 0 Å².